The van der Waals surface area contributed by atoms with E-state index in [4.69, 9.17) is 10.5 Å². The summed E-state index contributed by atoms with van der Waals surface area (Å²) in [6.45, 7) is 1.80. The molecule has 0 atom stereocenters. The lowest BCUT2D eigenvalue weighted by molar-refractivity contribution is 0.603. The van der Waals surface area contributed by atoms with Crippen molar-refractivity contribution in [2.75, 3.05) is 4.72 Å². The Morgan fingerprint density at radius 3 is 2.38 bits per heavy atom. The van der Waals surface area contributed by atoms with Gasteiger partial charge in [0.25, 0.3) is 10.0 Å². The predicted octanol–water partition coefficient (Wildman–Crippen LogP) is 3.36. The molecule has 0 aliphatic rings. The molecule has 0 amide bonds. The Kier molecular flexibility index (Phi) is 4.33. The fraction of sp³-hybridized carbons (Fsp3) is 0.0769. The molecular formula is C13H8BrN3O2S2. The zero-order valence-corrected chi connectivity index (χ0v) is 13.9. The number of nitriles is 2. The highest BCUT2D eigenvalue weighted by atomic mass is 79.9. The van der Waals surface area contributed by atoms with Gasteiger partial charge >= 0.3 is 0 Å². The molecule has 1 N–H and O–H groups in total. The average molecular weight is 382 g/mol. The first-order valence-corrected chi connectivity index (χ1v) is 8.69. The van der Waals surface area contributed by atoms with Gasteiger partial charge in [0, 0.05) is 0 Å². The van der Waals surface area contributed by atoms with E-state index in [1.165, 1.54) is 18.2 Å². The summed E-state index contributed by atoms with van der Waals surface area (Å²) >= 11 is 4.39. The monoisotopic (exact) mass is 381 g/mol. The Balaban J connectivity index is 2.38. The highest BCUT2D eigenvalue weighted by Gasteiger charge is 2.19. The highest BCUT2D eigenvalue weighted by Crippen LogP contribution is 2.31. The molecule has 1 aromatic heterocycles. The van der Waals surface area contributed by atoms with Gasteiger partial charge in [-0.2, -0.15) is 10.5 Å². The third-order valence-electron chi connectivity index (χ3n) is 2.61. The van der Waals surface area contributed by atoms with E-state index in [1.54, 1.807) is 13.0 Å². The van der Waals surface area contributed by atoms with Crippen LogP contribution in [0.15, 0.2) is 32.3 Å². The number of aryl methyl sites for hydroxylation is 1. The number of nitrogens with zero attached hydrogens (tertiary/aromatic N) is 2. The molecule has 0 saturated carbocycles. The van der Waals surface area contributed by atoms with Crippen LogP contribution < -0.4 is 4.72 Å². The van der Waals surface area contributed by atoms with Gasteiger partial charge in [-0.1, -0.05) is 0 Å². The summed E-state index contributed by atoms with van der Waals surface area (Å²) in [5.41, 5.74) is 1.40. The minimum atomic E-state index is -3.71. The van der Waals surface area contributed by atoms with Gasteiger partial charge in [0.1, 0.15) is 16.3 Å². The van der Waals surface area contributed by atoms with Gasteiger partial charge in [0.15, 0.2) is 0 Å². The molecule has 21 heavy (non-hydrogen) atoms. The lowest BCUT2D eigenvalue weighted by Gasteiger charge is -2.06. The minimum absolute atomic E-state index is 0.126. The summed E-state index contributed by atoms with van der Waals surface area (Å²) in [6, 6.07) is 9.50. The molecule has 0 saturated heterocycles. The number of rotatable bonds is 3. The molecule has 2 rings (SSSR count). The van der Waals surface area contributed by atoms with Crippen LogP contribution in [0.2, 0.25) is 0 Å². The van der Waals surface area contributed by atoms with Crippen molar-refractivity contribution >= 4 is 43.0 Å². The Hall–Kier alpha value is -1.87. The number of hydrogen-bond donors (Lipinski definition) is 1. The first-order valence-electron chi connectivity index (χ1n) is 5.60. The van der Waals surface area contributed by atoms with E-state index in [9.17, 15) is 8.42 Å². The molecule has 1 heterocycles. The first-order chi connectivity index (χ1) is 9.87. The standard InChI is InChI=1S/C13H8BrN3O2S2/c1-8-4-12(20-13(8)14)21(18,19)17-11-3-2-9(6-15)10(5-11)7-16/h2-5,17H,1H3. The van der Waals surface area contributed by atoms with Crippen molar-refractivity contribution in [3.05, 3.63) is 44.7 Å². The second kappa shape index (κ2) is 5.86. The number of nitrogens with one attached hydrogen (secondary N) is 1. The topological polar surface area (TPSA) is 93.8 Å². The number of hydrogen-bond acceptors (Lipinski definition) is 5. The second-order valence-corrected chi connectivity index (χ2v) is 8.39. The normalized spacial score (nSPS) is 10.7. The minimum Gasteiger partial charge on any atom is -0.279 e. The van der Waals surface area contributed by atoms with Crippen molar-refractivity contribution in [1.82, 2.24) is 0 Å². The van der Waals surface area contributed by atoms with Crippen molar-refractivity contribution in [3.8, 4) is 12.1 Å². The van der Waals surface area contributed by atoms with Gasteiger partial charge in [0.2, 0.25) is 0 Å². The van der Waals surface area contributed by atoms with Crippen LogP contribution in [0.1, 0.15) is 16.7 Å². The van der Waals surface area contributed by atoms with Crippen LogP contribution in [-0.2, 0) is 10.0 Å². The maximum Gasteiger partial charge on any atom is 0.271 e. The molecule has 0 radical (unpaired) electrons. The van der Waals surface area contributed by atoms with E-state index < -0.39 is 10.0 Å². The van der Waals surface area contributed by atoms with E-state index >= 15 is 0 Å². The van der Waals surface area contributed by atoms with Crippen LogP contribution >= 0.6 is 27.3 Å². The summed E-state index contributed by atoms with van der Waals surface area (Å²) in [5, 5.41) is 17.8. The summed E-state index contributed by atoms with van der Waals surface area (Å²) in [7, 11) is -3.71. The maximum absolute atomic E-state index is 12.3. The van der Waals surface area contributed by atoms with Gasteiger partial charge < -0.3 is 0 Å². The number of sulfonamides is 1. The lowest BCUT2D eigenvalue weighted by atomic mass is 10.1. The Labute approximate surface area is 134 Å². The zero-order valence-electron chi connectivity index (χ0n) is 10.7. The summed E-state index contributed by atoms with van der Waals surface area (Å²) in [6.07, 6.45) is 0. The quantitative estimate of drug-likeness (QED) is 0.881. The number of thiophene rings is 1. The van der Waals surface area contributed by atoms with E-state index in [-0.39, 0.29) is 21.0 Å². The van der Waals surface area contributed by atoms with Gasteiger partial charge in [-0.25, -0.2) is 8.42 Å². The molecule has 0 aliphatic heterocycles. The Morgan fingerprint density at radius 1 is 1.19 bits per heavy atom. The summed E-state index contributed by atoms with van der Waals surface area (Å²) in [4.78, 5) is 0. The van der Waals surface area contributed by atoms with E-state index in [0.717, 1.165) is 20.7 Å². The van der Waals surface area contributed by atoms with Crippen LogP contribution in [0, 0.1) is 29.6 Å². The van der Waals surface area contributed by atoms with Crippen molar-refractivity contribution in [1.29, 1.82) is 10.5 Å². The largest absolute Gasteiger partial charge is 0.279 e. The van der Waals surface area contributed by atoms with Gasteiger partial charge in [-0.05, 0) is 52.7 Å². The van der Waals surface area contributed by atoms with E-state index in [0.29, 0.717) is 0 Å². The third-order valence-corrected chi connectivity index (χ3v) is 6.60. The SMILES string of the molecule is Cc1cc(S(=O)(=O)Nc2ccc(C#N)c(C#N)c2)sc1Br. The molecule has 0 spiro atoms. The molecule has 5 nitrogen and oxygen atoms in total. The molecule has 0 fully saturated rings. The molecule has 106 valence electrons. The van der Waals surface area contributed by atoms with Crippen LogP contribution in [0.5, 0.6) is 0 Å². The zero-order chi connectivity index (χ0) is 15.6. The predicted molar refractivity (Wildman–Crippen MR) is 83.4 cm³/mol. The number of halogens is 1. The van der Waals surface area contributed by atoms with Crippen LogP contribution in [-0.4, -0.2) is 8.42 Å². The Bertz CT molecular complexity index is 870. The van der Waals surface area contributed by atoms with Crippen molar-refractivity contribution in [2.45, 2.75) is 11.1 Å². The smallest absolute Gasteiger partial charge is 0.271 e. The van der Waals surface area contributed by atoms with Gasteiger partial charge in [-0.15, -0.1) is 11.3 Å². The van der Waals surface area contributed by atoms with E-state index in [1.807, 2.05) is 12.1 Å². The fourth-order valence-electron chi connectivity index (χ4n) is 1.57. The molecule has 2 aromatic rings. The summed E-state index contributed by atoms with van der Waals surface area (Å²) < 4.78 is 27.8. The molecule has 0 bridgehead atoms. The average Bonchev–Trinajstić information content (AvgIpc) is 2.79. The van der Waals surface area contributed by atoms with Crippen molar-refractivity contribution < 1.29 is 8.42 Å². The third kappa shape index (κ3) is 3.24. The molecular weight excluding hydrogens is 374 g/mol. The van der Waals surface area contributed by atoms with Crippen LogP contribution in [0.4, 0.5) is 5.69 Å². The van der Waals surface area contributed by atoms with Crippen molar-refractivity contribution in [2.24, 2.45) is 0 Å². The number of benzene rings is 1. The lowest BCUT2D eigenvalue weighted by Crippen LogP contribution is -2.11. The van der Waals surface area contributed by atoms with Crippen LogP contribution in [0.25, 0.3) is 0 Å². The van der Waals surface area contributed by atoms with Gasteiger partial charge in [0.05, 0.1) is 20.6 Å². The van der Waals surface area contributed by atoms with Crippen molar-refractivity contribution in [3.63, 3.8) is 0 Å². The van der Waals surface area contributed by atoms with Gasteiger partial charge in [-0.3, -0.25) is 4.72 Å². The molecule has 8 heteroatoms. The first kappa shape index (κ1) is 15.5. The Morgan fingerprint density at radius 2 is 1.86 bits per heavy atom. The molecule has 0 unspecified atom stereocenters. The fourth-order valence-corrected chi connectivity index (χ4v) is 4.84. The van der Waals surface area contributed by atoms with Crippen LogP contribution in [0.3, 0.4) is 0 Å². The van der Waals surface area contributed by atoms with E-state index in [2.05, 4.69) is 20.7 Å². The molecule has 0 aliphatic carbocycles. The summed E-state index contributed by atoms with van der Waals surface area (Å²) in [5.74, 6) is 0. The maximum atomic E-state index is 12.3. The second-order valence-electron chi connectivity index (χ2n) is 4.11. The highest BCUT2D eigenvalue weighted by molar-refractivity contribution is 9.11. The number of anilines is 1. The molecule has 1 aromatic carbocycles.